The minimum atomic E-state index is -1.11. The Hall–Kier alpha value is -4.87. The Morgan fingerprint density at radius 2 is 1.42 bits per heavy atom. The Morgan fingerprint density at radius 3 is 2.08 bits per heavy atom. The maximum absolute atomic E-state index is 14.0. The van der Waals surface area contributed by atoms with E-state index in [-0.39, 0.29) is 61.8 Å². The van der Waals surface area contributed by atoms with Gasteiger partial charge in [-0.1, -0.05) is 114 Å². The van der Waals surface area contributed by atoms with Crippen molar-refractivity contribution in [2.45, 2.75) is 202 Å². The third kappa shape index (κ3) is 13.7. The molecule has 0 saturated heterocycles. The number of alkyl carbamates (subject to hydrolysis) is 1. The molecule has 7 rings (SSSR count). The van der Waals surface area contributed by atoms with Crippen LogP contribution in [0, 0.1) is 46.3 Å². The smallest absolute Gasteiger partial charge is 0.410 e. The first kappa shape index (κ1) is 56.8. The molecule has 0 heterocycles. The molecule has 12 nitrogen and oxygen atoms in total. The van der Waals surface area contributed by atoms with E-state index in [2.05, 4.69) is 68.8 Å². The first-order valence-corrected chi connectivity index (χ1v) is 28.5. The van der Waals surface area contributed by atoms with Crippen LogP contribution in [-0.2, 0) is 28.6 Å². The number of fused-ring (bicyclic) bond motifs is 8. The number of esters is 1. The van der Waals surface area contributed by atoms with Gasteiger partial charge in [0.15, 0.2) is 0 Å². The van der Waals surface area contributed by atoms with E-state index < -0.39 is 35.2 Å². The van der Waals surface area contributed by atoms with E-state index in [1.165, 1.54) is 50.5 Å². The SMILES string of the molecule is CC(C)CCC[C@@H](C)[C@H]1CCC2C3CC=C4C[C@@H](N(CCCNC(=O)CCNC(=O)[C@H](CCC(=O)OC(C)(C)C)NC(=O)OCC5c6ccccc6-c6ccccc65)C(=O)OC(C)(C)C)CC[C@]4(C)C3CC[C@@]21C. The van der Waals surface area contributed by atoms with Crippen LogP contribution in [0.2, 0.25) is 0 Å². The zero-order chi connectivity index (χ0) is 53.6. The summed E-state index contributed by atoms with van der Waals surface area (Å²) in [6, 6.07) is 15.0. The van der Waals surface area contributed by atoms with Crippen LogP contribution in [0.4, 0.5) is 9.59 Å². The molecule has 4 amide bonds. The van der Waals surface area contributed by atoms with E-state index in [1.807, 2.05) is 62.1 Å². The molecule has 2 aromatic carbocycles. The fourth-order valence-electron chi connectivity index (χ4n) is 14.4. The molecule has 408 valence electrons. The number of benzene rings is 2. The van der Waals surface area contributed by atoms with E-state index in [0.29, 0.717) is 30.8 Å². The number of carbonyl (C=O) groups excluding carboxylic acids is 5. The molecule has 0 bridgehead atoms. The number of ether oxygens (including phenoxy) is 3. The average Bonchev–Trinajstić information content (AvgIpc) is 3.85. The second-order valence-corrected chi connectivity index (χ2v) is 25.8. The number of allylic oxidation sites excluding steroid dienone is 1. The number of amides is 4. The largest absolute Gasteiger partial charge is 0.460 e. The Bertz CT molecular complexity index is 2290. The lowest BCUT2D eigenvalue weighted by atomic mass is 9.46. The van der Waals surface area contributed by atoms with Gasteiger partial charge in [0, 0.05) is 44.4 Å². The van der Waals surface area contributed by atoms with Crippen molar-refractivity contribution in [3.63, 3.8) is 0 Å². The number of hydrogen-bond donors (Lipinski definition) is 3. The van der Waals surface area contributed by atoms with Crippen LogP contribution in [-0.4, -0.2) is 84.4 Å². The Labute approximate surface area is 444 Å². The Kier molecular flexibility index (Phi) is 18.4. The van der Waals surface area contributed by atoms with Gasteiger partial charge in [-0.25, -0.2) is 9.59 Å². The number of rotatable bonds is 20. The molecule has 2 aromatic rings. The third-order valence-corrected chi connectivity index (χ3v) is 17.9. The predicted octanol–water partition coefficient (Wildman–Crippen LogP) is 12.7. The minimum Gasteiger partial charge on any atom is -0.460 e. The van der Waals surface area contributed by atoms with Gasteiger partial charge in [0.05, 0.1) is 0 Å². The van der Waals surface area contributed by atoms with E-state index in [4.69, 9.17) is 14.2 Å². The summed E-state index contributed by atoms with van der Waals surface area (Å²) in [5.41, 5.74) is 5.08. The summed E-state index contributed by atoms with van der Waals surface area (Å²) in [7, 11) is 0. The van der Waals surface area contributed by atoms with Crippen LogP contribution in [0.5, 0.6) is 0 Å². The van der Waals surface area contributed by atoms with E-state index in [9.17, 15) is 24.0 Å². The highest BCUT2D eigenvalue weighted by Crippen LogP contribution is 2.67. The van der Waals surface area contributed by atoms with Gasteiger partial charge < -0.3 is 35.1 Å². The van der Waals surface area contributed by atoms with Crippen LogP contribution in [0.15, 0.2) is 60.2 Å². The van der Waals surface area contributed by atoms with Crippen molar-refractivity contribution in [3.8, 4) is 11.1 Å². The average molecular weight is 1020 g/mol. The van der Waals surface area contributed by atoms with Crippen LogP contribution in [0.1, 0.15) is 190 Å². The van der Waals surface area contributed by atoms with Crippen molar-refractivity contribution in [1.82, 2.24) is 20.9 Å². The number of hydrogen-bond acceptors (Lipinski definition) is 8. The Balaban J connectivity index is 0.898. The summed E-state index contributed by atoms with van der Waals surface area (Å²) in [5.74, 6) is 3.16. The molecule has 0 aliphatic heterocycles. The van der Waals surface area contributed by atoms with Gasteiger partial charge in [0.2, 0.25) is 11.8 Å². The van der Waals surface area contributed by atoms with Gasteiger partial charge >= 0.3 is 18.2 Å². The molecular formula is C62H92N4O8. The number of nitrogens with zero attached hydrogens (tertiary/aromatic N) is 1. The van der Waals surface area contributed by atoms with Crippen LogP contribution in [0.3, 0.4) is 0 Å². The fourth-order valence-corrected chi connectivity index (χ4v) is 14.4. The second-order valence-electron chi connectivity index (χ2n) is 25.8. The van der Waals surface area contributed by atoms with Crippen LogP contribution in [0.25, 0.3) is 11.1 Å². The lowest BCUT2D eigenvalue weighted by molar-refractivity contribution is -0.155. The molecule has 74 heavy (non-hydrogen) atoms. The molecule has 0 spiro atoms. The monoisotopic (exact) mass is 1020 g/mol. The standard InChI is InChI=1S/C62H92N4O8/c1-40(2)18-16-19-41(3)50-26-27-51-48-25-24-42-38-43(30-33-61(42,10)52(48)31-34-62(50,51)11)66(58(71)74-60(7,8)9)37-17-35-63-54(67)32-36-64-56(69)53(28-29-55(68)73-59(4,5)6)65-57(70)72-39-49-46-22-14-12-20-44(46)45-21-13-15-23-47(45)49/h12-15,20-24,40-41,43,48-53H,16-19,25-39H2,1-11H3,(H,63,67)(H,64,69)(H,65,70)/t41-,43+,48?,50-,51?,52?,53+,61+,62-/m1/s1. The van der Waals surface area contributed by atoms with Crippen LogP contribution < -0.4 is 16.0 Å². The summed E-state index contributed by atoms with van der Waals surface area (Å²) < 4.78 is 17.2. The van der Waals surface area contributed by atoms with Crippen molar-refractivity contribution in [1.29, 1.82) is 0 Å². The molecule has 0 aromatic heterocycles. The molecular weight excluding hydrogens is 929 g/mol. The summed E-state index contributed by atoms with van der Waals surface area (Å²) >= 11 is 0. The second kappa shape index (κ2) is 24.0. The maximum Gasteiger partial charge on any atom is 0.410 e. The first-order valence-electron chi connectivity index (χ1n) is 28.5. The lowest BCUT2D eigenvalue weighted by Gasteiger charge is -2.59. The van der Waals surface area contributed by atoms with Crippen molar-refractivity contribution < 1.29 is 38.2 Å². The fraction of sp³-hybridized carbons (Fsp3) is 0.694. The summed E-state index contributed by atoms with van der Waals surface area (Å²) in [4.78, 5) is 68.6. The molecule has 3 N–H and O–H groups in total. The summed E-state index contributed by atoms with van der Waals surface area (Å²) in [5, 5.41) is 8.43. The predicted molar refractivity (Wildman–Crippen MR) is 292 cm³/mol. The quantitative estimate of drug-likeness (QED) is 0.0513. The van der Waals surface area contributed by atoms with Gasteiger partial charge in [-0.3, -0.25) is 14.4 Å². The molecule has 3 saturated carbocycles. The zero-order valence-corrected chi connectivity index (χ0v) is 47.0. The number of nitrogens with one attached hydrogen (secondary N) is 3. The first-order chi connectivity index (χ1) is 35.0. The van der Waals surface area contributed by atoms with Crippen LogP contribution >= 0.6 is 0 Å². The molecule has 0 radical (unpaired) electrons. The molecule has 12 heteroatoms. The van der Waals surface area contributed by atoms with Gasteiger partial charge in [0.25, 0.3) is 0 Å². The van der Waals surface area contributed by atoms with Gasteiger partial charge in [0.1, 0.15) is 23.9 Å². The highest BCUT2D eigenvalue weighted by Gasteiger charge is 2.59. The van der Waals surface area contributed by atoms with E-state index in [0.717, 1.165) is 77.5 Å². The maximum atomic E-state index is 14.0. The molecule has 9 atom stereocenters. The van der Waals surface area contributed by atoms with Crippen molar-refractivity contribution in [2.75, 3.05) is 26.2 Å². The molecule has 3 fully saturated rings. The molecule has 3 unspecified atom stereocenters. The third-order valence-electron chi connectivity index (χ3n) is 17.9. The number of carbonyl (C=O) groups is 5. The normalized spacial score (nSPS) is 25.9. The van der Waals surface area contributed by atoms with Crippen molar-refractivity contribution in [3.05, 3.63) is 71.3 Å². The summed E-state index contributed by atoms with van der Waals surface area (Å²) in [6.45, 7) is 24.3. The van der Waals surface area contributed by atoms with E-state index >= 15 is 0 Å². The van der Waals surface area contributed by atoms with Crippen molar-refractivity contribution in [2.24, 2.45) is 46.3 Å². The van der Waals surface area contributed by atoms with Gasteiger partial charge in [-0.2, -0.15) is 0 Å². The van der Waals surface area contributed by atoms with E-state index in [1.54, 1.807) is 20.8 Å². The lowest BCUT2D eigenvalue weighted by Crippen LogP contribution is -2.53. The van der Waals surface area contributed by atoms with Crippen molar-refractivity contribution >= 4 is 30.0 Å². The highest BCUT2D eigenvalue weighted by molar-refractivity contribution is 5.87. The minimum absolute atomic E-state index is 0.000756. The topological polar surface area (TPSA) is 152 Å². The van der Waals surface area contributed by atoms with Gasteiger partial charge in [-0.05, 0) is 174 Å². The Morgan fingerprint density at radius 1 is 0.743 bits per heavy atom. The summed E-state index contributed by atoms with van der Waals surface area (Å²) in [6.07, 6.45) is 15.3. The highest BCUT2D eigenvalue weighted by atomic mass is 16.6. The molecule has 5 aliphatic rings. The molecule has 5 aliphatic carbocycles. The zero-order valence-electron chi connectivity index (χ0n) is 47.0. The van der Waals surface area contributed by atoms with Gasteiger partial charge in [-0.15, -0.1) is 0 Å².